The van der Waals surface area contributed by atoms with Gasteiger partial charge in [-0.2, -0.15) is 11.8 Å². The molecule has 0 heterocycles. The van der Waals surface area contributed by atoms with Gasteiger partial charge in [0.25, 0.3) is 0 Å². The molecule has 0 radical (unpaired) electrons. The maximum atomic E-state index is 11.5. The van der Waals surface area contributed by atoms with Crippen LogP contribution in [0.1, 0.15) is 47.5 Å². The van der Waals surface area contributed by atoms with Gasteiger partial charge in [0.15, 0.2) is 0 Å². The Morgan fingerprint density at radius 1 is 1.29 bits per heavy atom. The molecule has 0 amide bonds. The van der Waals surface area contributed by atoms with Crippen LogP contribution in [0.2, 0.25) is 0 Å². The van der Waals surface area contributed by atoms with Gasteiger partial charge >= 0.3 is 0 Å². The zero-order valence-electron chi connectivity index (χ0n) is 10.2. The second-order valence-electron chi connectivity index (χ2n) is 5.49. The highest BCUT2D eigenvalue weighted by molar-refractivity contribution is 7.99. The highest BCUT2D eigenvalue weighted by Crippen LogP contribution is 2.20. The molecule has 0 unspecified atom stereocenters. The maximum absolute atomic E-state index is 11.5. The van der Waals surface area contributed by atoms with Gasteiger partial charge in [-0.05, 0) is 17.1 Å². The summed E-state index contributed by atoms with van der Waals surface area (Å²) >= 11 is 1.89. The van der Waals surface area contributed by atoms with Crippen LogP contribution < -0.4 is 0 Å². The van der Waals surface area contributed by atoms with Crippen molar-refractivity contribution in [2.24, 2.45) is 11.3 Å². The van der Waals surface area contributed by atoms with E-state index in [0.29, 0.717) is 5.78 Å². The quantitative estimate of drug-likeness (QED) is 0.629. The molecular weight excluding hydrogens is 192 g/mol. The van der Waals surface area contributed by atoms with Crippen LogP contribution in [0.25, 0.3) is 0 Å². The fourth-order valence-corrected chi connectivity index (χ4v) is 2.20. The summed E-state index contributed by atoms with van der Waals surface area (Å²) in [5, 5.41) is 0. The number of hydrogen-bond acceptors (Lipinski definition) is 2. The molecule has 0 saturated carbocycles. The summed E-state index contributed by atoms with van der Waals surface area (Å²) in [4.78, 5) is 11.5. The van der Waals surface area contributed by atoms with Crippen LogP contribution in [0.15, 0.2) is 0 Å². The topological polar surface area (TPSA) is 17.1 Å². The summed E-state index contributed by atoms with van der Waals surface area (Å²) in [5.74, 6) is 3.31. The van der Waals surface area contributed by atoms with E-state index in [9.17, 15) is 4.79 Å². The molecule has 2 heteroatoms. The van der Waals surface area contributed by atoms with Gasteiger partial charge in [0.1, 0.15) is 5.78 Å². The first-order valence-electron chi connectivity index (χ1n) is 5.41. The number of thioether (sulfide) groups is 1. The molecule has 0 aromatic rings. The summed E-state index contributed by atoms with van der Waals surface area (Å²) in [7, 11) is 0. The van der Waals surface area contributed by atoms with Crippen LogP contribution in [0.4, 0.5) is 0 Å². The minimum Gasteiger partial charge on any atom is -0.300 e. The Balaban J connectivity index is 3.46. The van der Waals surface area contributed by atoms with E-state index in [1.807, 2.05) is 11.8 Å². The van der Waals surface area contributed by atoms with E-state index < -0.39 is 0 Å². The third-order valence-electron chi connectivity index (χ3n) is 1.70. The summed E-state index contributed by atoms with van der Waals surface area (Å²) in [5.41, 5.74) is 0.153. The first kappa shape index (κ1) is 14.0. The van der Waals surface area contributed by atoms with Gasteiger partial charge in [-0.3, -0.25) is 4.79 Å². The lowest BCUT2D eigenvalue weighted by Gasteiger charge is -2.16. The molecule has 0 N–H and O–H groups in total. The van der Waals surface area contributed by atoms with Crippen LogP contribution >= 0.6 is 11.8 Å². The molecule has 0 atom stereocenters. The second-order valence-corrected chi connectivity index (χ2v) is 6.64. The number of hydrogen-bond donors (Lipinski definition) is 0. The van der Waals surface area contributed by atoms with E-state index in [4.69, 9.17) is 0 Å². The molecule has 84 valence electrons. The van der Waals surface area contributed by atoms with Crippen molar-refractivity contribution >= 4 is 17.5 Å². The molecule has 0 aromatic heterocycles. The first-order valence-corrected chi connectivity index (χ1v) is 6.56. The first-order chi connectivity index (χ1) is 6.31. The fourth-order valence-electron chi connectivity index (χ4n) is 1.18. The predicted octanol–water partition coefficient (Wildman–Crippen LogP) is 3.77. The van der Waals surface area contributed by atoms with Crippen LogP contribution in [0.5, 0.6) is 0 Å². The van der Waals surface area contributed by atoms with Crippen LogP contribution in [-0.2, 0) is 4.79 Å². The Hall–Kier alpha value is 0.0200. The van der Waals surface area contributed by atoms with Crippen molar-refractivity contribution in [3.05, 3.63) is 0 Å². The zero-order valence-corrected chi connectivity index (χ0v) is 11.0. The Labute approximate surface area is 93.0 Å². The number of rotatable bonds is 6. The highest BCUT2D eigenvalue weighted by Gasteiger charge is 2.15. The second kappa shape index (κ2) is 6.49. The average molecular weight is 216 g/mol. The van der Waals surface area contributed by atoms with Gasteiger partial charge in [0.2, 0.25) is 0 Å². The molecule has 0 aliphatic rings. The van der Waals surface area contributed by atoms with Crippen molar-refractivity contribution in [2.75, 3.05) is 11.5 Å². The third-order valence-corrected chi connectivity index (χ3v) is 3.10. The largest absolute Gasteiger partial charge is 0.300 e. The monoisotopic (exact) mass is 216 g/mol. The van der Waals surface area contributed by atoms with Gasteiger partial charge < -0.3 is 0 Å². The van der Waals surface area contributed by atoms with E-state index in [-0.39, 0.29) is 5.41 Å². The Kier molecular flexibility index (Phi) is 6.50. The molecule has 0 bridgehead atoms. The fraction of sp³-hybridized carbons (Fsp3) is 0.917. The molecular formula is C12H24OS. The highest BCUT2D eigenvalue weighted by atomic mass is 32.2. The van der Waals surface area contributed by atoms with E-state index in [1.54, 1.807) is 0 Å². The molecule has 0 rings (SSSR count). The standard InChI is InChI=1S/C12H24OS/c1-10(2)9-14-7-6-11(13)8-12(3,4)5/h10H,6-9H2,1-5H3. The number of ketones is 1. The lowest BCUT2D eigenvalue weighted by Crippen LogP contribution is -2.13. The number of carbonyl (C=O) groups excluding carboxylic acids is 1. The predicted molar refractivity (Wildman–Crippen MR) is 65.9 cm³/mol. The van der Waals surface area contributed by atoms with Gasteiger partial charge in [-0.1, -0.05) is 34.6 Å². The molecule has 1 nitrogen and oxygen atoms in total. The van der Waals surface area contributed by atoms with Gasteiger partial charge in [0.05, 0.1) is 0 Å². The Morgan fingerprint density at radius 3 is 2.29 bits per heavy atom. The summed E-state index contributed by atoms with van der Waals surface area (Å²) in [6.07, 6.45) is 1.46. The maximum Gasteiger partial charge on any atom is 0.134 e. The normalized spacial score (nSPS) is 12.1. The molecule has 0 aliphatic carbocycles. The molecule has 0 aliphatic heterocycles. The summed E-state index contributed by atoms with van der Waals surface area (Å²) < 4.78 is 0. The van der Waals surface area contributed by atoms with Crippen molar-refractivity contribution in [1.29, 1.82) is 0 Å². The molecule has 14 heavy (non-hydrogen) atoms. The SMILES string of the molecule is CC(C)CSCCC(=O)CC(C)(C)C. The number of Topliss-reactive ketones (excluding diaryl/α,β-unsaturated/α-hetero) is 1. The van der Waals surface area contributed by atoms with Gasteiger partial charge in [0, 0.05) is 18.6 Å². The van der Waals surface area contributed by atoms with Gasteiger partial charge in [-0.15, -0.1) is 0 Å². The molecule has 0 aromatic carbocycles. The van der Waals surface area contributed by atoms with Gasteiger partial charge in [-0.25, -0.2) is 0 Å². The van der Waals surface area contributed by atoms with Crippen molar-refractivity contribution in [1.82, 2.24) is 0 Å². The van der Waals surface area contributed by atoms with Crippen LogP contribution in [0.3, 0.4) is 0 Å². The summed E-state index contributed by atoms with van der Waals surface area (Å²) in [6.45, 7) is 10.8. The van der Waals surface area contributed by atoms with E-state index in [0.717, 1.165) is 24.5 Å². The lowest BCUT2D eigenvalue weighted by molar-refractivity contribution is -0.120. The molecule has 0 saturated heterocycles. The van der Waals surface area contributed by atoms with Crippen molar-refractivity contribution in [2.45, 2.75) is 47.5 Å². The summed E-state index contributed by atoms with van der Waals surface area (Å²) in [6, 6.07) is 0. The average Bonchev–Trinajstić information content (AvgIpc) is 1.94. The Morgan fingerprint density at radius 2 is 1.86 bits per heavy atom. The lowest BCUT2D eigenvalue weighted by atomic mass is 9.89. The minimum atomic E-state index is 0.153. The van der Waals surface area contributed by atoms with Crippen molar-refractivity contribution in [3.8, 4) is 0 Å². The zero-order chi connectivity index (χ0) is 11.2. The van der Waals surface area contributed by atoms with E-state index >= 15 is 0 Å². The van der Waals surface area contributed by atoms with Crippen LogP contribution in [0, 0.1) is 11.3 Å². The smallest absolute Gasteiger partial charge is 0.134 e. The van der Waals surface area contributed by atoms with E-state index in [2.05, 4.69) is 34.6 Å². The van der Waals surface area contributed by atoms with Crippen molar-refractivity contribution in [3.63, 3.8) is 0 Å². The third kappa shape index (κ3) is 10.1. The Bertz CT molecular complexity index is 168. The van der Waals surface area contributed by atoms with Crippen molar-refractivity contribution < 1.29 is 4.79 Å². The minimum absolute atomic E-state index is 0.153. The van der Waals surface area contributed by atoms with Crippen LogP contribution in [-0.4, -0.2) is 17.3 Å². The van der Waals surface area contributed by atoms with E-state index in [1.165, 1.54) is 5.75 Å². The number of carbonyl (C=O) groups is 1. The molecule has 0 fully saturated rings. The molecule has 0 spiro atoms.